The Kier molecular flexibility index (Phi) is 5.44. The van der Waals surface area contributed by atoms with Gasteiger partial charge in [0.1, 0.15) is 9.77 Å². The predicted molar refractivity (Wildman–Crippen MR) is 115 cm³/mol. The fourth-order valence-corrected chi connectivity index (χ4v) is 5.22. The number of aryl methyl sites for hydroxylation is 3. The minimum absolute atomic E-state index is 0.0188. The number of aromatic nitrogens is 1. The van der Waals surface area contributed by atoms with Crippen LogP contribution < -0.4 is 10.0 Å². The molecule has 0 saturated heterocycles. The van der Waals surface area contributed by atoms with Crippen molar-refractivity contribution in [1.29, 1.82) is 0 Å². The smallest absolute Gasteiger partial charge is 0.267 e. The summed E-state index contributed by atoms with van der Waals surface area (Å²) in [5, 5.41) is 7.82. The number of rotatable bonds is 6. The van der Waals surface area contributed by atoms with Crippen molar-refractivity contribution in [2.75, 3.05) is 10.0 Å². The third-order valence-corrected chi connectivity index (χ3v) is 6.91. The molecular weight excluding hydrogens is 426 g/mol. The van der Waals surface area contributed by atoms with E-state index in [4.69, 9.17) is 5.89 Å². The van der Waals surface area contributed by atoms with E-state index in [2.05, 4.69) is 15.2 Å². The number of Topliss-reactive ketones (excluding diaryl/α,β-unsaturated/α-hetero) is 1. The van der Waals surface area contributed by atoms with Crippen LogP contribution in [-0.4, -0.2) is 25.3 Å². The molecule has 3 rings (SSSR count). The molecule has 0 aliphatic carbocycles. The topological polar surface area (TPSA) is 118 Å². The van der Waals surface area contributed by atoms with Crippen molar-refractivity contribution in [1.82, 2.24) is 5.16 Å². The molecule has 8 nitrogen and oxygen atoms in total. The number of nitrogens with one attached hydrogen (secondary N) is 2. The number of benzene rings is 1. The van der Waals surface area contributed by atoms with Crippen LogP contribution in [0.4, 0.5) is 11.6 Å². The van der Waals surface area contributed by atoms with Gasteiger partial charge >= 0.3 is 0 Å². The maximum absolute atomic E-state index is 13.0. The first kappa shape index (κ1) is 20.3. The summed E-state index contributed by atoms with van der Waals surface area (Å²) in [5.74, 6) is -1.10. The number of nitrogens with zero attached hydrogens (tertiary/aromatic N) is 1. The van der Waals surface area contributed by atoms with Gasteiger partial charge < -0.3 is 9.84 Å². The zero-order valence-corrected chi connectivity index (χ0v) is 18.7. The predicted octanol–water partition coefficient (Wildman–Crippen LogP) is 4.23. The van der Waals surface area contributed by atoms with E-state index in [1.165, 1.54) is 18.4 Å². The van der Waals surface area contributed by atoms with Crippen LogP contribution in [-0.2, 0) is 10.0 Å². The quantitative estimate of drug-likeness (QED) is 0.545. The van der Waals surface area contributed by atoms with Gasteiger partial charge in [0, 0.05) is 11.1 Å². The lowest BCUT2D eigenvalue weighted by molar-refractivity contribution is 0.101. The molecule has 0 spiro atoms. The van der Waals surface area contributed by atoms with Crippen molar-refractivity contribution in [3.8, 4) is 0 Å². The Morgan fingerprint density at radius 3 is 2.53 bits per heavy atom. The summed E-state index contributed by atoms with van der Waals surface area (Å²) < 4.78 is 41.3. The van der Waals surface area contributed by atoms with Gasteiger partial charge in [-0.25, -0.2) is 13.1 Å². The van der Waals surface area contributed by atoms with Gasteiger partial charge in [-0.15, -0.1) is 11.3 Å². The van der Waals surface area contributed by atoms with E-state index in [9.17, 15) is 18.0 Å². The highest BCUT2D eigenvalue weighted by Crippen LogP contribution is 2.29. The zero-order valence-electron chi connectivity index (χ0n) is 18.0. The molecule has 0 aliphatic rings. The fraction of sp³-hybridized carbons (Fsp3) is 0.250. The minimum atomic E-state index is -4.14. The molecule has 1 aromatic carbocycles. The van der Waals surface area contributed by atoms with Crippen LogP contribution in [0.2, 0.25) is 0 Å². The molecule has 2 heterocycles. The molecule has 1 amide bonds. The fourth-order valence-electron chi connectivity index (χ4n) is 2.85. The van der Waals surface area contributed by atoms with Gasteiger partial charge in [-0.1, -0.05) is 11.2 Å². The van der Waals surface area contributed by atoms with Gasteiger partial charge in [0.2, 0.25) is 5.88 Å². The summed E-state index contributed by atoms with van der Waals surface area (Å²) in [7, 11) is -4.14. The minimum Gasteiger partial charge on any atom is -0.337 e. The second-order valence-electron chi connectivity index (χ2n) is 6.84. The van der Waals surface area contributed by atoms with Gasteiger partial charge in [-0.05, 0) is 63.2 Å². The van der Waals surface area contributed by atoms with Gasteiger partial charge in [-0.2, -0.15) is 0 Å². The van der Waals surface area contributed by atoms with Crippen LogP contribution >= 0.6 is 11.3 Å². The maximum Gasteiger partial charge on any atom is 0.267 e. The molecule has 3 aromatic rings. The van der Waals surface area contributed by atoms with E-state index in [-0.39, 0.29) is 38.7 Å². The standard InChI is InChI=1S/C20H21N3O5S2/c1-10-8-11(2)17(15(9-10)14(5)24)21-19(25)18-16(6-7-29-18)30(26,27)23-20-12(3)13(4)22-28-20/h6-9,23H,1-5H3,(H,21,25)/i9D. The lowest BCUT2D eigenvalue weighted by Crippen LogP contribution is -2.20. The maximum atomic E-state index is 13.0. The van der Waals surface area contributed by atoms with Crippen LogP contribution in [0, 0.1) is 27.7 Å². The summed E-state index contributed by atoms with van der Waals surface area (Å²) >= 11 is 0.942. The Morgan fingerprint density at radius 2 is 1.93 bits per heavy atom. The van der Waals surface area contributed by atoms with Crippen LogP contribution in [0.5, 0.6) is 0 Å². The number of thiophene rings is 1. The Balaban J connectivity index is 1.98. The Morgan fingerprint density at radius 1 is 1.23 bits per heavy atom. The molecule has 0 atom stereocenters. The normalized spacial score (nSPS) is 11.8. The third kappa shape index (κ3) is 4.14. The number of ketones is 1. The van der Waals surface area contributed by atoms with Crippen molar-refractivity contribution >= 4 is 44.6 Å². The average Bonchev–Trinajstić information content (AvgIpc) is 3.29. The van der Waals surface area contributed by atoms with Gasteiger partial charge in [0.25, 0.3) is 15.9 Å². The second-order valence-corrected chi connectivity index (χ2v) is 9.40. The van der Waals surface area contributed by atoms with Crippen LogP contribution in [0.1, 0.15) is 50.7 Å². The number of hydrogen-bond donors (Lipinski definition) is 2. The molecule has 30 heavy (non-hydrogen) atoms. The molecule has 2 N–H and O–H groups in total. The van der Waals surface area contributed by atoms with Crippen LogP contribution in [0.3, 0.4) is 0 Å². The Hall–Kier alpha value is -2.98. The molecule has 0 saturated carbocycles. The van der Waals surface area contributed by atoms with E-state index >= 15 is 0 Å². The van der Waals surface area contributed by atoms with E-state index in [0.717, 1.165) is 11.3 Å². The molecule has 0 bridgehead atoms. The lowest BCUT2D eigenvalue weighted by atomic mass is 10.0. The monoisotopic (exact) mass is 448 g/mol. The van der Waals surface area contributed by atoms with E-state index < -0.39 is 15.9 Å². The summed E-state index contributed by atoms with van der Waals surface area (Å²) in [5.41, 5.74) is 2.55. The van der Waals surface area contributed by atoms with Crippen molar-refractivity contribution in [3.63, 3.8) is 0 Å². The SMILES string of the molecule is [2H]c1c(C)cc(C)c(NC(=O)c2sccc2S(=O)(=O)Nc2onc(C)c2C)c1C(C)=O. The first-order valence-electron chi connectivity index (χ1n) is 9.40. The highest BCUT2D eigenvalue weighted by Gasteiger charge is 2.27. The molecule has 2 aromatic heterocycles. The zero-order chi connectivity index (χ0) is 23.1. The molecule has 10 heteroatoms. The molecule has 0 fully saturated rings. The number of carbonyl (C=O) groups is 2. The third-order valence-electron chi connectivity index (χ3n) is 4.50. The molecule has 158 valence electrons. The number of hydrogen-bond acceptors (Lipinski definition) is 7. The van der Waals surface area contributed by atoms with Gasteiger partial charge in [0.15, 0.2) is 5.78 Å². The first-order valence-corrected chi connectivity index (χ1v) is 11.3. The molecule has 0 aliphatic heterocycles. The molecular formula is C20H21N3O5S2. The van der Waals surface area contributed by atoms with Crippen molar-refractivity contribution in [3.05, 3.63) is 56.4 Å². The first-order chi connectivity index (χ1) is 14.4. The number of sulfonamides is 1. The van der Waals surface area contributed by atoms with Crippen LogP contribution in [0.25, 0.3) is 0 Å². The Labute approximate surface area is 179 Å². The second kappa shape index (κ2) is 8.04. The molecule has 0 unspecified atom stereocenters. The van der Waals surface area contributed by atoms with E-state index in [1.54, 1.807) is 33.8 Å². The summed E-state index contributed by atoms with van der Waals surface area (Å²) in [6.07, 6.45) is 0. The van der Waals surface area contributed by atoms with E-state index in [1.807, 2.05) is 0 Å². The number of amides is 1. The van der Waals surface area contributed by atoms with Crippen molar-refractivity contribution in [2.24, 2.45) is 0 Å². The van der Waals surface area contributed by atoms with Crippen molar-refractivity contribution < 1.29 is 23.9 Å². The van der Waals surface area contributed by atoms with Crippen molar-refractivity contribution in [2.45, 2.75) is 39.5 Å². The largest absolute Gasteiger partial charge is 0.337 e. The summed E-state index contributed by atoms with van der Waals surface area (Å²) in [6, 6.07) is 3.02. The molecule has 0 radical (unpaired) electrons. The lowest BCUT2D eigenvalue weighted by Gasteiger charge is -2.14. The highest BCUT2D eigenvalue weighted by atomic mass is 32.2. The number of carbonyl (C=O) groups excluding carboxylic acids is 2. The van der Waals surface area contributed by atoms with Crippen LogP contribution in [0.15, 0.2) is 33.0 Å². The highest BCUT2D eigenvalue weighted by molar-refractivity contribution is 7.93. The van der Waals surface area contributed by atoms with Gasteiger partial charge in [-0.3, -0.25) is 9.59 Å². The average molecular weight is 449 g/mol. The number of anilines is 2. The van der Waals surface area contributed by atoms with E-state index in [0.29, 0.717) is 22.4 Å². The summed E-state index contributed by atoms with van der Waals surface area (Å²) in [4.78, 5) is 24.8. The van der Waals surface area contributed by atoms with Gasteiger partial charge in [0.05, 0.1) is 12.8 Å². The summed E-state index contributed by atoms with van der Waals surface area (Å²) in [6.45, 7) is 8.06. The Bertz CT molecular complexity index is 1310.